The fraction of sp³-hybridized carbons (Fsp3) is 0.500. The molecule has 214 valence electrons. The maximum absolute atomic E-state index is 13.5. The third-order valence-electron chi connectivity index (χ3n) is 6.76. The van der Waals surface area contributed by atoms with E-state index in [4.69, 9.17) is 9.47 Å². The van der Waals surface area contributed by atoms with Gasteiger partial charge in [-0.2, -0.15) is 9.61 Å². The number of nitrogens with zero attached hydrogens (tertiary/aromatic N) is 5. The maximum atomic E-state index is 13.5. The summed E-state index contributed by atoms with van der Waals surface area (Å²) in [5.41, 5.74) is -0.920. The highest BCUT2D eigenvalue weighted by Gasteiger charge is 2.46. The van der Waals surface area contributed by atoms with Crippen molar-refractivity contribution in [2.24, 2.45) is 0 Å². The first kappa shape index (κ1) is 27.5. The lowest BCUT2D eigenvalue weighted by Crippen LogP contribution is -2.41. The van der Waals surface area contributed by atoms with Crippen LogP contribution >= 0.6 is 0 Å². The highest BCUT2D eigenvalue weighted by Crippen LogP contribution is 2.44. The molecule has 0 radical (unpaired) electrons. The zero-order valence-electron chi connectivity index (χ0n) is 22.8. The van der Waals surface area contributed by atoms with Gasteiger partial charge in [0, 0.05) is 45.3 Å². The minimum atomic E-state index is -2.79. The fourth-order valence-electron chi connectivity index (χ4n) is 4.52. The number of aromatic nitrogens is 4. The SMILES string of the molecule is CO[C@@H]1C[C@H]1NC(=O)c1cnn2c(N(C)C(=O)OC(C)(C)C)cc(Nc3cccn(C4CC(F)(F)C4)c3=O)nc12. The molecular formula is C26H31F2N7O5. The summed E-state index contributed by atoms with van der Waals surface area (Å²) < 4.78 is 40.2. The predicted octanol–water partition coefficient (Wildman–Crippen LogP) is 3.49. The number of fused-ring (bicyclic) bond motifs is 1. The van der Waals surface area contributed by atoms with Gasteiger partial charge >= 0.3 is 6.09 Å². The summed E-state index contributed by atoms with van der Waals surface area (Å²) in [6, 6.07) is 3.80. The fourth-order valence-corrected chi connectivity index (χ4v) is 4.52. The van der Waals surface area contributed by atoms with Gasteiger partial charge in [0.2, 0.25) is 0 Å². The highest BCUT2D eigenvalue weighted by molar-refractivity contribution is 6.01. The summed E-state index contributed by atoms with van der Waals surface area (Å²) in [5, 5.41) is 10.1. The zero-order valence-corrected chi connectivity index (χ0v) is 22.8. The first-order chi connectivity index (χ1) is 18.8. The zero-order chi connectivity index (χ0) is 29.0. The Kier molecular flexibility index (Phi) is 6.76. The molecule has 2 fully saturated rings. The molecule has 2 saturated carbocycles. The minimum absolute atomic E-state index is 0.0688. The van der Waals surface area contributed by atoms with E-state index in [-0.39, 0.29) is 40.7 Å². The van der Waals surface area contributed by atoms with Crippen LogP contribution in [0, 0.1) is 0 Å². The van der Waals surface area contributed by atoms with Crippen molar-refractivity contribution in [2.45, 2.75) is 69.7 Å². The molecule has 2 N–H and O–H groups in total. The Balaban J connectivity index is 1.52. The van der Waals surface area contributed by atoms with Crippen LogP contribution < -0.4 is 21.1 Å². The molecule has 2 aliphatic carbocycles. The molecular weight excluding hydrogens is 528 g/mol. The Morgan fingerprint density at radius 2 is 1.98 bits per heavy atom. The Morgan fingerprint density at radius 3 is 2.60 bits per heavy atom. The molecule has 0 unspecified atom stereocenters. The lowest BCUT2D eigenvalue weighted by atomic mass is 9.88. The molecule has 0 aliphatic heterocycles. The molecule has 3 aromatic heterocycles. The molecule has 0 aromatic carbocycles. The van der Waals surface area contributed by atoms with Gasteiger partial charge in [-0.25, -0.2) is 18.6 Å². The average molecular weight is 560 g/mol. The van der Waals surface area contributed by atoms with Crippen LogP contribution in [0.1, 0.15) is 56.4 Å². The monoisotopic (exact) mass is 559 g/mol. The lowest BCUT2D eigenvalue weighted by molar-refractivity contribution is -0.104. The minimum Gasteiger partial charge on any atom is -0.443 e. The maximum Gasteiger partial charge on any atom is 0.415 e. The Hall–Kier alpha value is -4.07. The van der Waals surface area contributed by atoms with Crippen molar-refractivity contribution < 1.29 is 27.8 Å². The quantitative estimate of drug-likeness (QED) is 0.450. The summed E-state index contributed by atoms with van der Waals surface area (Å²) in [4.78, 5) is 44.8. The van der Waals surface area contributed by atoms with E-state index >= 15 is 0 Å². The molecule has 0 spiro atoms. The number of hydrogen-bond donors (Lipinski definition) is 2. The second-order valence-corrected chi connectivity index (χ2v) is 11.1. The second kappa shape index (κ2) is 9.84. The van der Waals surface area contributed by atoms with Crippen LogP contribution in [0.2, 0.25) is 0 Å². The number of nitrogens with one attached hydrogen (secondary N) is 2. The number of anilines is 3. The molecule has 14 heteroatoms. The number of alkyl halides is 2. The predicted molar refractivity (Wildman–Crippen MR) is 141 cm³/mol. The van der Waals surface area contributed by atoms with Gasteiger partial charge in [-0.1, -0.05) is 0 Å². The van der Waals surface area contributed by atoms with Crippen LogP contribution in [-0.4, -0.2) is 69.0 Å². The van der Waals surface area contributed by atoms with E-state index in [9.17, 15) is 23.2 Å². The van der Waals surface area contributed by atoms with E-state index in [1.807, 2.05) is 0 Å². The lowest BCUT2D eigenvalue weighted by Gasteiger charge is -2.36. The highest BCUT2D eigenvalue weighted by atomic mass is 19.3. The van der Waals surface area contributed by atoms with Gasteiger partial charge < -0.3 is 24.7 Å². The number of ether oxygens (including phenoxy) is 2. The summed E-state index contributed by atoms with van der Waals surface area (Å²) in [6.45, 7) is 5.19. The van der Waals surface area contributed by atoms with Crippen LogP contribution in [0.4, 0.5) is 30.9 Å². The Morgan fingerprint density at radius 1 is 1.25 bits per heavy atom. The van der Waals surface area contributed by atoms with Crippen LogP contribution in [0.5, 0.6) is 0 Å². The molecule has 2 atom stereocenters. The standard InChI is InChI=1S/C26H31F2N7O5/c1-25(2,3)40-24(38)33(4)20-10-19(30-16-7-6-8-34(23(16)37)14-11-26(27,28)12-14)32-21-15(13-29-35(20)21)22(36)31-17-9-18(17)39-5/h6-8,10,13-14,17-18H,9,11-12H2,1-5H3,(H,30,32)(H,31,36)/t17-,18-/m1/s1. The van der Waals surface area contributed by atoms with Crippen molar-refractivity contribution in [1.29, 1.82) is 0 Å². The first-order valence-corrected chi connectivity index (χ1v) is 12.8. The molecule has 12 nitrogen and oxygen atoms in total. The third kappa shape index (κ3) is 5.48. The van der Waals surface area contributed by atoms with E-state index in [1.54, 1.807) is 33.9 Å². The summed E-state index contributed by atoms with van der Waals surface area (Å²) in [5.74, 6) is -2.88. The molecule has 3 heterocycles. The Bertz CT molecular complexity index is 1520. The molecule has 40 heavy (non-hydrogen) atoms. The first-order valence-electron chi connectivity index (χ1n) is 12.8. The van der Waals surface area contributed by atoms with Crippen LogP contribution in [0.3, 0.4) is 0 Å². The van der Waals surface area contributed by atoms with E-state index in [0.29, 0.717) is 6.42 Å². The molecule has 0 saturated heterocycles. The van der Waals surface area contributed by atoms with Gasteiger partial charge in [0.25, 0.3) is 17.4 Å². The van der Waals surface area contributed by atoms with Gasteiger partial charge in [-0.15, -0.1) is 0 Å². The van der Waals surface area contributed by atoms with Crippen molar-refractivity contribution in [3.63, 3.8) is 0 Å². The van der Waals surface area contributed by atoms with Crippen molar-refractivity contribution in [1.82, 2.24) is 24.5 Å². The number of rotatable bonds is 7. The van der Waals surface area contributed by atoms with E-state index in [1.165, 1.54) is 45.6 Å². The molecule has 0 bridgehead atoms. The number of methoxy groups -OCH3 is 1. The largest absolute Gasteiger partial charge is 0.443 e. The summed E-state index contributed by atoms with van der Waals surface area (Å²) >= 11 is 0. The number of carbonyl (C=O) groups is 2. The summed E-state index contributed by atoms with van der Waals surface area (Å²) in [6.07, 6.45) is 1.92. The average Bonchev–Trinajstić information content (AvgIpc) is 3.46. The topological polar surface area (TPSA) is 132 Å². The van der Waals surface area contributed by atoms with Crippen LogP contribution in [-0.2, 0) is 9.47 Å². The number of halogens is 2. The van der Waals surface area contributed by atoms with E-state index in [0.717, 1.165) is 0 Å². The van der Waals surface area contributed by atoms with Gasteiger partial charge in [-0.3, -0.25) is 14.5 Å². The molecule has 5 rings (SSSR count). The van der Waals surface area contributed by atoms with Crippen molar-refractivity contribution in [3.8, 4) is 0 Å². The number of pyridine rings is 1. The molecule has 2 aliphatic rings. The third-order valence-corrected chi connectivity index (χ3v) is 6.76. The summed E-state index contributed by atoms with van der Waals surface area (Å²) in [7, 11) is 3.05. The normalized spacial score (nSPS) is 20.1. The van der Waals surface area contributed by atoms with Gasteiger partial charge in [-0.05, 0) is 39.3 Å². The van der Waals surface area contributed by atoms with E-state index < -0.39 is 48.0 Å². The number of amides is 2. The van der Waals surface area contributed by atoms with Crippen LogP contribution in [0.15, 0.2) is 35.4 Å². The van der Waals surface area contributed by atoms with Crippen molar-refractivity contribution in [2.75, 3.05) is 24.4 Å². The van der Waals surface area contributed by atoms with Gasteiger partial charge in [0.1, 0.15) is 28.5 Å². The van der Waals surface area contributed by atoms with E-state index in [2.05, 4.69) is 20.7 Å². The van der Waals surface area contributed by atoms with Crippen molar-refractivity contribution in [3.05, 3.63) is 46.5 Å². The van der Waals surface area contributed by atoms with Gasteiger partial charge in [0.05, 0.1) is 18.3 Å². The van der Waals surface area contributed by atoms with Crippen molar-refractivity contribution >= 4 is 35.0 Å². The van der Waals surface area contributed by atoms with Crippen LogP contribution in [0.25, 0.3) is 5.65 Å². The number of carbonyl (C=O) groups excluding carboxylic acids is 2. The van der Waals surface area contributed by atoms with Gasteiger partial charge in [0.15, 0.2) is 5.65 Å². The smallest absolute Gasteiger partial charge is 0.415 e. The molecule has 2 amide bonds. The molecule has 3 aromatic rings. The number of hydrogen-bond acceptors (Lipinski definition) is 8. The Labute approximate surface area is 228 Å². The second-order valence-electron chi connectivity index (χ2n) is 11.1.